The number of nitrogens with one attached hydrogen (secondary N) is 1. The molecule has 0 spiro atoms. The van der Waals surface area contributed by atoms with E-state index in [4.69, 9.17) is 0 Å². The Bertz CT molecular complexity index is 872. The number of rotatable bonds is 7. The standard InChI is InChI=1S/C26H45NO6S.Na.H2O/c1-16(4-9-24(30)27-12-13-34(31,32)33)20-7-8-21-19-6-5-17-14-18(28)10-11-25(17,2)22(19)15-23(29)26(20,21)3;;/h16-23,28-29H,4-15H2,1-3H3,(H,27,30)(H,31,32,33);;1H2/q;+1;/p-1/t16?,17?,18?,19?,20?,21?,22?,23?,25-,26+;;/m0../s1. The molecule has 0 heterocycles. The summed E-state index contributed by atoms with van der Waals surface area (Å²) in [7, 11) is -4.32. The van der Waals surface area contributed by atoms with Gasteiger partial charge in [-0.2, -0.15) is 0 Å². The Hall–Kier alpha value is 0.260. The number of aliphatic hydroxyl groups excluding tert-OH is 2. The van der Waals surface area contributed by atoms with Crippen molar-refractivity contribution in [1.82, 2.24) is 5.32 Å². The molecule has 4 rings (SSSR count). The van der Waals surface area contributed by atoms with Crippen LogP contribution in [0.1, 0.15) is 85.0 Å². The average molecular weight is 540 g/mol. The van der Waals surface area contributed by atoms with Gasteiger partial charge in [0.2, 0.25) is 5.91 Å². The monoisotopic (exact) mass is 539 g/mol. The van der Waals surface area contributed by atoms with Crippen LogP contribution in [0.2, 0.25) is 0 Å². The van der Waals surface area contributed by atoms with E-state index in [9.17, 15) is 28.0 Å². The maximum atomic E-state index is 12.2. The van der Waals surface area contributed by atoms with Gasteiger partial charge in [0.15, 0.2) is 0 Å². The van der Waals surface area contributed by atoms with Crippen molar-refractivity contribution in [3.05, 3.63) is 0 Å². The Balaban J connectivity index is 0.00000228. The summed E-state index contributed by atoms with van der Waals surface area (Å²) in [4.78, 5) is 12.2. The molecule has 10 heteroatoms. The summed E-state index contributed by atoms with van der Waals surface area (Å²) < 4.78 is 32.2. The number of aliphatic hydroxyl groups is 2. The fourth-order valence-corrected chi connectivity index (χ4v) is 9.48. The van der Waals surface area contributed by atoms with Gasteiger partial charge in [0.25, 0.3) is 0 Å². The number of carbonyl (C=O) groups is 1. The van der Waals surface area contributed by atoms with Crippen LogP contribution in [0.5, 0.6) is 0 Å². The van der Waals surface area contributed by atoms with Gasteiger partial charge < -0.3 is 25.6 Å². The Morgan fingerprint density at radius 2 is 1.78 bits per heavy atom. The number of hydrogen-bond acceptors (Lipinski definition) is 6. The molecule has 5 N–H and O–H groups in total. The third kappa shape index (κ3) is 6.19. The quantitative estimate of drug-likeness (QED) is 0.285. The van der Waals surface area contributed by atoms with Crippen LogP contribution in [0.15, 0.2) is 0 Å². The molecule has 4 saturated carbocycles. The van der Waals surface area contributed by atoms with E-state index in [-0.39, 0.29) is 76.4 Å². The van der Waals surface area contributed by atoms with Gasteiger partial charge in [0, 0.05) is 13.0 Å². The van der Waals surface area contributed by atoms with Gasteiger partial charge in [-0.05, 0) is 104 Å². The van der Waals surface area contributed by atoms with Crippen LogP contribution in [-0.2, 0) is 14.9 Å². The molecule has 0 saturated heterocycles. The molecule has 0 radical (unpaired) electrons. The smallest absolute Gasteiger partial charge is 0.748 e. The fraction of sp³-hybridized carbons (Fsp3) is 0.962. The molecule has 0 aromatic heterocycles. The average Bonchev–Trinajstić information content (AvgIpc) is 3.11. The summed E-state index contributed by atoms with van der Waals surface area (Å²) in [6, 6.07) is 0. The summed E-state index contributed by atoms with van der Waals surface area (Å²) >= 11 is 0. The Kier molecular flexibility index (Phi) is 11.0. The fourth-order valence-electron chi connectivity index (χ4n) is 9.12. The number of carbonyl (C=O) groups excluding carboxylic acids is 1. The molecular weight excluding hydrogens is 493 g/mol. The second kappa shape index (κ2) is 12.2. The molecule has 204 valence electrons. The van der Waals surface area contributed by atoms with Crippen molar-refractivity contribution in [3.63, 3.8) is 0 Å². The molecule has 10 atom stereocenters. The first-order chi connectivity index (χ1) is 15.9. The molecule has 36 heavy (non-hydrogen) atoms. The Labute approximate surface area is 239 Å². The summed E-state index contributed by atoms with van der Waals surface area (Å²) in [6.45, 7) is 6.78. The van der Waals surface area contributed by atoms with Crippen LogP contribution in [-0.4, -0.2) is 59.1 Å². The molecule has 1 amide bonds. The van der Waals surface area contributed by atoms with Crippen molar-refractivity contribution in [2.24, 2.45) is 46.3 Å². The predicted molar refractivity (Wildman–Crippen MR) is 132 cm³/mol. The summed E-state index contributed by atoms with van der Waals surface area (Å²) in [5, 5.41) is 24.4. The summed E-state index contributed by atoms with van der Waals surface area (Å²) in [5.41, 5.74) is 0.0922. The van der Waals surface area contributed by atoms with E-state index in [0.29, 0.717) is 42.4 Å². The first-order valence-corrected chi connectivity index (χ1v) is 15.0. The van der Waals surface area contributed by atoms with Crippen LogP contribution in [0.3, 0.4) is 0 Å². The maximum Gasteiger partial charge on any atom is 1.00 e. The van der Waals surface area contributed by atoms with Gasteiger partial charge in [-0.1, -0.05) is 20.8 Å². The van der Waals surface area contributed by atoms with Crippen LogP contribution >= 0.6 is 0 Å². The molecule has 4 aliphatic rings. The summed E-state index contributed by atoms with van der Waals surface area (Å²) in [6.07, 6.45) is 8.85. The minimum absolute atomic E-state index is 0. The Morgan fingerprint density at radius 1 is 1.08 bits per heavy atom. The zero-order chi connectivity index (χ0) is 24.9. The van der Waals surface area contributed by atoms with Crippen molar-refractivity contribution in [2.45, 2.75) is 97.2 Å². The van der Waals surface area contributed by atoms with Crippen LogP contribution in [0, 0.1) is 46.3 Å². The molecule has 4 aliphatic carbocycles. The predicted octanol–water partition coefficient (Wildman–Crippen LogP) is -0.766. The van der Waals surface area contributed by atoms with Gasteiger partial charge in [-0.25, -0.2) is 8.42 Å². The summed E-state index contributed by atoms with van der Waals surface area (Å²) in [5.74, 6) is 2.10. The van der Waals surface area contributed by atoms with Crippen LogP contribution < -0.4 is 34.9 Å². The van der Waals surface area contributed by atoms with Crippen molar-refractivity contribution in [3.8, 4) is 0 Å². The van der Waals surface area contributed by atoms with E-state index in [1.165, 1.54) is 12.8 Å². The van der Waals surface area contributed by atoms with E-state index >= 15 is 0 Å². The minimum atomic E-state index is -4.32. The number of hydrogen-bond donors (Lipinski definition) is 3. The zero-order valence-corrected chi connectivity index (χ0v) is 25.4. The normalized spacial score (nSPS) is 42.6. The second-order valence-electron chi connectivity index (χ2n) is 12.5. The van der Waals surface area contributed by atoms with E-state index in [1.54, 1.807) is 0 Å². The van der Waals surface area contributed by atoms with Crippen molar-refractivity contribution in [1.29, 1.82) is 0 Å². The molecule has 4 fully saturated rings. The van der Waals surface area contributed by atoms with Gasteiger partial charge in [-0.15, -0.1) is 0 Å². The van der Waals surface area contributed by atoms with Gasteiger partial charge in [0.1, 0.15) is 0 Å². The SMILES string of the molecule is CC(CCC(=O)NCCS(=O)(=O)[O-])C1CCC2C3CCC4CC(O)CC[C@]4(C)C3CC(O)[C@]12C.O.[Na+]. The molecule has 0 aromatic carbocycles. The van der Waals surface area contributed by atoms with Crippen molar-refractivity contribution < 1.29 is 63.0 Å². The third-order valence-electron chi connectivity index (χ3n) is 11.0. The molecule has 8 unspecified atom stereocenters. The largest absolute Gasteiger partial charge is 1.00 e. The van der Waals surface area contributed by atoms with E-state index in [0.717, 1.165) is 38.5 Å². The molecule has 0 aromatic rings. The minimum Gasteiger partial charge on any atom is -0.748 e. The van der Waals surface area contributed by atoms with Crippen LogP contribution in [0.25, 0.3) is 0 Å². The third-order valence-corrected chi connectivity index (χ3v) is 11.7. The first-order valence-electron chi connectivity index (χ1n) is 13.4. The van der Waals surface area contributed by atoms with Gasteiger partial charge >= 0.3 is 29.6 Å². The number of amides is 1. The van der Waals surface area contributed by atoms with Crippen molar-refractivity contribution in [2.75, 3.05) is 12.3 Å². The van der Waals surface area contributed by atoms with E-state index in [2.05, 4.69) is 26.1 Å². The second-order valence-corrected chi connectivity index (χ2v) is 14.0. The first kappa shape index (κ1) is 32.5. The Morgan fingerprint density at radius 3 is 2.44 bits per heavy atom. The van der Waals surface area contributed by atoms with Crippen LogP contribution in [0.4, 0.5) is 0 Å². The molecule has 0 aliphatic heterocycles. The van der Waals surface area contributed by atoms with Crippen molar-refractivity contribution >= 4 is 16.0 Å². The zero-order valence-electron chi connectivity index (χ0n) is 22.5. The van der Waals surface area contributed by atoms with Gasteiger partial charge in [-0.3, -0.25) is 4.79 Å². The molecule has 8 nitrogen and oxygen atoms in total. The maximum absolute atomic E-state index is 12.2. The topological polar surface area (TPSA) is 158 Å². The number of fused-ring (bicyclic) bond motifs is 5. The molecular formula is C26H46NNaO7S. The van der Waals surface area contributed by atoms with E-state index in [1.807, 2.05) is 0 Å². The van der Waals surface area contributed by atoms with E-state index < -0.39 is 15.9 Å². The van der Waals surface area contributed by atoms with Gasteiger partial charge in [0.05, 0.1) is 28.1 Å². The molecule has 0 bridgehead atoms.